The molecule has 2 amide bonds. The van der Waals surface area contributed by atoms with Crippen LogP contribution in [0.15, 0.2) is 59.4 Å². The molecule has 0 aliphatic carbocycles. The van der Waals surface area contributed by atoms with E-state index >= 15 is 4.39 Å². The maximum Gasteiger partial charge on any atom is 0.267 e. The first-order valence-electron chi connectivity index (χ1n) is 19.5. The minimum absolute atomic E-state index is 0.0144. The number of nitrogens with zero attached hydrogens (tertiary/aromatic N) is 6. The third-order valence-corrected chi connectivity index (χ3v) is 12.2. The first-order valence-corrected chi connectivity index (χ1v) is 19.5. The lowest BCUT2D eigenvalue weighted by Gasteiger charge is -2.39. The molecule has 3 saturated heterocycles. The van der Waals surface area contributed by atoms with Crippen LogP contribution in [0.4, 0.5) is 27.1 Å². The summed E-state index contributed by atoms with van der Waals surface area (Å²) in [5, 5.41) is 13.1. The van der Waals surface area contributed by atoms with Crippen LogP contribution >= 0.6 is 0 Å². The molecule has 1 unspecified atom stereocenters. The number of hydrogen-bond donors (Lipinski definition) is 1. The maximum absolute atomic E-state index is 15.3. The van der Waals surface area contributed by atoms with Crippen LogP contribution in [-0.4, -0.2) is 80.2 Å². The van der Waals surface area contributed by atoms with Crippen LogP contribution in [0, 0.1) is 30.0 Å². The highest BCUT2D eigenvalue weighted by Crippen LogP contribution is 2.43. The minimum atomic E-state index is -0.798. The Hall–Kier alpha value is -5.41. The maximum atomic E-state index is 15.3. The molecular formula is C43H48FN7O4. The van der Waals surface area contributed by atoms with Crippen LogP contribution < -0.4 is 30.3 Å². The molecule has 0 radical (unpaired) electrons. The molecular weight excluding hydrogens is 698 g/mol. The molecule has 0 spiro atoms. The fourth-order valence-corrected chi connectivity index (χ4v) is 8.99. The number of anilines is 4. The number of hydrogen-bond acceptors (Lipinski definition) is 9. The topological polar surface area (TPSA) is 114 Å². The van der Waals surface area contributed by atoms with Crippen LogP contribution in [0.1, 0.15) is 61.1 Å². The fraction of sp³-hybridized carbons (Fsp3) is 0.442. The third-order valence-electron chi connectivity index (χ3n) is 12.2. The van der Waals surface area contributed by atoms with Gasteiger partial charge in [-0.15, -0.1) is 0 Å². The van der Waals surface area contributed by atoms with Crippen molar-refractivity contribution in [2.45, 2.75) is 57.5 Å². The summed E-state index contributed by atoms with van der Waals surface area (Å²) >= 11 is 0. The molecule has 0 bridgehead atoms. The van der Waals surface area contributed by atoms with Gasteiger partial charge in [0.1, 0.15) is 11.6 Å². The van der Waals surface area contributed by atoms with Crippen LogP contribution in [0.3, 0.4) is 0 Å². The molecule has 1 aromatic heterocycles. The average molecular weight is 746 g/mol. The summed E-state index contributed by atoms with van der Waals surface area (Å²) in [6.07, 6.45) is 3.71. The van der Waals surface area contributed by atoms with E-state index in [1.54, 1.807) is 16.7 Å². The van der Waals surface area contributed by atoms with E-state index in [2.05, 4.69) is 50.2 Å². The van der Waals surface area contributed by atoms with Gasteiger partial charge in [-0.1, -0.05) is 0 Å². The van der Waals surface area contributed by atoms with Gasteiger partial charge in [-0.3, -0.25) is 19.7 Å². The predicted octanol–water partition coefficient (Wildman–Crippen LogP) is 5.73. The second-order valence-corrected chi connectivity index (χ2v) is 15.7. The number of halogens is 1. The first kappa shape index (κ1) is 36.6. The van der Waals surface area contributed by atoms with E-state index in [1.807, 2.05) is 38.2 Å². The van der Waals surface area contributed by atoms with Crippen molar-refractivity contribution in [2.75, 3.05) is 67.6 Å². The van der Waals surface area contributed by atoms with Crippen molar-refractivity contribution in [3.8, 4) is 11.8 Å². The number of likely N-dealkylation sites (tertiary alicyclic amines) is 1. The van der Waals surface area contributed by atoms with Crippen molar-refractivity contribution in [2.24, 2.45) is 13.0 Å². The fourth-order valence-electron chi connectivity index (χ4n) is 8.99. The van der Waals surface area contributed by atoms with Gasteiger partial charge < -0.3 is 28.9 Å². The molecule has 11 nitrogen and oxygen atoms in total. The van der Waals surface area contributed by atoms with Crippen LogP contribution in [0.2, 0.25) is 0 Å². The molecule has 3 aromatic carbocycles. The Morgan fingerprint density at radius 3 is 2.33 bits per heavy atom. The van der Waals surface area contributed by atoms with Crippen molar-refractivity contribution in [1.29, 1.82) is 5.26 Å². The Morgan fingerprint density at radius 1 is 0.836 bits per heavy atom. The van der Waals surface area contributed by atoms with Crippen LogP contribution in [-0.2, 0) is 16.6 Å². The Kier molecular flexibility index (Phi) is 9.99. The van der Waals surface area contributed by atoms with Gasteiger partial charge >= 0.3 is 0 Å². The highest BCUT2D eigenvalue weighted by Gasteiger charge is 2.31. The normalized spacial score (nSPS) is 20.1. The lowest BCUT2D eigenvalue weighted by Crippen LogP contribution is -2.46. The number of pyridine rings is 1. The van der Waals surface area contributed by atoms with Gasteiger partial charge in [-0.25, -0.2) is 4.39 Å². The number of piperidine rings is 3. The Bertz CT molecular complexity index is 2250. The molecule has 8 rings (SSSR count). The molecule has 3 fully saturated rings. The molecule has 4 aromatic rings. The predicted molar refractivity (Wildman–Crippen MR) is 212 cm³/mol. The van der Waals surface area contributed by atoms with Gasteiger partial charge in [-0.2, -0.15) is 5.26 Å². The number of carbonyl (C=O) groups excluding carboxylic acids is 2. The van der Waals surface area contributed by atoms with Gasteiger partial charge in [-0.05, 0) is 112 Å². The van der Waals surface area contributed by atoms with Gasteiger partial charge in [0.15, 0.2) is 6.10 Å². The number of ether oxygens (including phenoxy) is 1. The molecule has 1 atom stereocenters. The number of likely N-dealkylation sites (N-methyl/N-ethyl adjacent to an activating group) is 1. The molecule has 0 saturated carbocycles. The summed E-state index contributed by atoms with van der Waals surface area (Å²) in [4.78, 5) is 46.0. The minimum Gasteiger partial charge on any atom is -0.480 e. The number of carbonyl (C=O) groups is 2. The quantitative estimate of drug-likeness (QED) is 0.237. The zero-order valence-electron chi connectivity index (χ0n) is 31.8. The van der Waals surface area contributed by atoms with Crippen molar-refractivity contribution in [3.05, 3.63) is 87.5 Å². The zero-order valence-corrected chi connectivity index (χ0v) is 31.8. The molecule has 5 heterocycles. The van der Waals surface area contributed by atoms with Crippen molar-refractivity contribution >= 4 is 45.5 Å². The molecule has 286 valence electrons. The SMILES string of the molecule is Cc1cc2c(N3CCN(C)c4ccc(C#N)cc43)cc(C3CCN(CC4CCN(c5ccc(OC6CCC(=O)NC6=O)cc5F)CC4)CC3)cc2n(C)c1=O. The number of rotatable bonds is 7. The van der Waals surface area contributed by atoms with E-state index in [-0.39, 0.29) is 35.9 Å². The van der Waals surface area contributed by atoms with Gasteiger partial charge in [0, 0.05) is 76.7 Å². The summed E-state index contributed by atoms with van der Waals surface area (Å²) in [6.45, 7) is 8.06. The van der Waals surface area contributed by atoms with Gasteiger partial charge in [0.05, 0.1) is 39.9 Å². The number of fused-ring (bicyclic) bond motifs is 2. The third kappa shape index (κ3) is 7.25. The smallest absolute Gasteiger partial charge is 0.267 e. The second-order valence-electron chi connectivity index (χ2n) is 15.7. The summed E-state index contributed by atoms with van der Waals surface area (Å²) in [6, 6.07) is 19.6. The largest absolute Gasteiger partial charge is 0.480 e. The van der Waals surface area contributed by atoms with E-state index in [0.717, 1.165) is 99.5 Å². The molecule has 1 N–H and O–H groups in total. The number of nitrogens with one attached hydrogen (secondary N) is 1. The summed E-state index contributed by atoms with van der Waals surface area (Å²) < 4.78 is 22.8. The van der Waals surface area contributed by atoms with E-state index in [9.17, 15) is 19.6 Å². The number of benzene rings is 3. The van der Waals surface area contributed by atoms with Crippen LogP contribution in [0.25, 0.3) is 10.9 Å². The Labute approximate surface area is 320 Å². The van der Waals surface area contributed by atoms with Gasteiger partial charge in [0.2, 0.25) is 5.91 Å². The lowest BCUT2D eigenvalue weighted by molar-refractivity contribution is -0.138. The van der Waals surface area contributed by atoms with E-state index in [0.29, 0.717) is 28.7 Å². The van der Waals surface area contributed by atoms with Crippen molar-refractivity contribution in [1.82, 2.24) is 14.8 Å². The number of amides is 2. The van der Waals surface area contributed by atoms with Crippen molar-refractivity contribution < 1.29 is 18.7 Å². The highest BCUT2D eigenvalue weighted by molar-refractivity contribution is 6.00. The zero-order chi connectivity index (χ0) is 38.4. The number of imide groups is 1. The molecule has 4 aliphatic rings. The Morgan fingerprint density at radius 2 is 1.60 bits per heavy atom. The van der Waals surface area contributed by atoms with E-state index in [4.69, 9.17) is 4.74 Å². The van der Waals surface area contributed by atoms with Gasteiger partial charge in [0.25, 0.3) is 11.5 Å². The van der Waals surface area contributed by atoms with E-state index in [1.165, 1.54) is 11.6 Å². The standard InChI is InChI=1S/C43H48FN7O4/c1-27-20-33-37(48(3)43(27)54)22-31(23-38(33)51-19-18-47(2)36-6-4-29(25-45)21-39(36)51)30-12-14-49(15-13-30)26-28-10-16-50(17-11-28)35-7-5-32(24-34(35)44)55-40-8-9-41(52)46-42(40)53/h4-7,20-24,28,30,40H,8-19,26H2,1-3H3,(H,46,52,53). The number of nitriles is 1. The first-order chi connectivity index (χ1) is 26.6. The number of aromatic nitrogens is 1. The average Bonchev–Trinajstić information content (AvgIpc) is 3.19. The number of aryl methyl sites for hydroxylation is 2. The molecule has 12 heteroatoms. The summed E-state index contributed by atoms with van der Waals surface area (Å²) in [5.41, 5.74) is 7.26. The van der Waals surface area contributed by atoms with E-state index < -0.39 is 12.0 Å². The molecule has 55 heavy (non-hydrogen) atoms. The Balaban J connectivity index is 0.924. The summed E-state index contributed by atoms with van der Waals surface area (Å²) in [7, 11) is 3.96. The van der Waals surface area contributed by atoms with Crippen LogP contribution in [0.5, 0.6) is 5.75 Å². The lowest BCUT2D eigenvalue weighted by atomic mass is 9.87. The molecule has 4 aliphatic heterocycles. The summed E-state index contributed by atoms with van der Waals surface area (Å²) in [5.74, 6) is 0.00690. The highest BCUT2D eigenvalue weighted by atomic mass is 19.1. The van der Waals surface area contributed by atoms with Crippen molar-refractivity contribution in [3.63, 3.8) is 0 Å². The second kappa shape index (κ2) is 15.0. The monoisotopic (exact) mass is 745 g/mol.